The Morgan fingerprint density at radius 1 is 1.29 bits per heavy atom. The third kappa shape index (κ3) is 4.15. The summed E-state index contributed by atoms with van der Waals surface area (Å²) in [7, 11) is 0. The third-order valence-electron chi connectivity index (χ3n) is 2.64. The summed E-state index contributed by atoms with van der Waals surface area (Å²) in [5, 5.41) is 6.44. The van der Waals surface area contributed by atoms with Crippen molar-refractivity contribution < 1.29 is 0 Å². The van der Waals surface area contributed by atoms with E-state index in [0.29, 0.717) is 6.04 Å². The second kappa shape index (κ2) is 6.20. The van der Waals surface area contributed by atoms with Crippen LogP contribution in [0.4, 0.5) is 0 Å². The van der Waals surface area contributed by atoms with Gasteiger partial charge >= 0.3 is 0 Å². The smallest absolute Gasteiger partial charge is 0.0408 e. The van der Waals surface area contributed by atoms with Crippen molar-refractivity contribution in [3.63, 3.8) is 0 Å². The quantitative estimate of drug-likeness (QED) is 0.857. The first-order chi connectivity index (χ1) is 8.24. The number of halogens is 1. The molecule has 2 aromatic rings. The number of thiophene rings is 1. The molecule has 0 bridgehead atoms. The third-order valence-corrected chi connectivity index (χ3v) is 3.75. The highest BCUT2D eigenvalue weighted by atomic mass is 35.5. The molecule has 0 saturated carbocycles. The standard InChI is InChI=1S/C14H16ClNS/c1-11(16-10-14-6-3-7-17-14)8-12-4-2-5-13(15)9-12/h2-7,9,11,16H,8,10H2,1H3. The molecule has 1 aromatic heterocycles. The molecule has 1 nitrogen and oxygen atoms in total. The van der Waals surface area contributed by atoms with Gasteiger partial charge < -0.3 is 5.32 Å². The van der Waals surface area contributed by atoms with Gasteiger partial charge in [0.15, 0.2) is 0 Å². The normalized spacial score (nSPS) is 12.6. The van der Waals surface area contributed by atoms with Gasteiger partial charge in [0.25, 0.3) is 0 Å². The summed E-state index contributed by atoms with van der Waals surface area (Å²) in [6.45, 7) is 3.15. The minimum absolute atomic E-state index is 0.454. The van der Waals surface area contributed by atoms with Gasteiger partial charge in [0.2, 0.25) is 0 Å². The van der Waals surface area contributed by atoms with Gasteiger partial charge in [-0.15, -0.1) is 11.3 Å². The van der Waals surface area contributed by atoms with Crippen LogP contribution in [0.25, 0.3) is 0 Å². The second-order valence-electron chi connectivity index (χ2n) is 4.20. The summed E-state index contributed by atoms with van der Waals surface area (Å²) >= 11 is 7.76. The van der Waals surface area contributed by atoms with Crippen molar-refractivity contribution in [2.75, 3.05) is 0 Å². The van der Waals surface area contributed by atoms with Crippen LogP contribution in [0, 0.1) is 0 Å². The number of hydrogen-bond acceptors (Lipinski definition) is 2. The Morgan fingerprint density at radius 2 is 2.18 bits per heavy atom. The van der Waals surface area contributed by atoms with Crippen LogP contribution in [0.3, 0.4) is 0 Å². The van der Waals surface area contributed by atoms with Crippen LogP contribution < -0.4 is 5.32 Å². The van der Waals surface area contributed by atoms with E-state index in [0.717, 1.165) is 18.0 Å². The first-order valence-corrected chi connectivity index (χ1v) is 7.00. The van der Waals surface area contributed by atoms with Crippen molar-refractivity contribution in [2.24, 2.45) is 0 Å². The van der Waals surface area contributed by atoms with Gasteiger partial charge in [-0.1, -0.05) is 29.8 Å². The first-order valence-electron chi connectivity index (χ1n) is 5.74. The second-order valence-corrected chi connectivity index (χ2v) is 5.66. The van der Waals surface area contributed by atoms with Gasteiger partial charge in [-0.25, -0.2) is 0 Å². The van der Waals surface area contributed by atoms with Gasteiger partial charge in [-0.3, -0.25) is 0 Å². The lowest BCUT2D eigenvalue weighted by Gasteiger charge is -2.13. The van der Waals surface area contributed by atoms with Gasteiger partial charge in [0, 0.05) is 22.5 Å². The molecule has 0 fully saturated rings. The maximum atomic E-state index is 5.97. The van der Waals surface area contributed by atoms with E-state index in [1.807, 2.05) is 18.2 Å². The molecule has 2 rings (SSSR count). The van der Waals surface area contributed by atoms with Crippen molar-refractivity contribution in [3.05, 3.63) is 57.2 Å². The van der Waals surface area contributed by atoms with Gasteiger partial charge in [0.1, 0.15) is 0 Å². The Balaban J connectivity index is 1.83. The molecule has 0 radical (unpaired) electrons. The van der Waals surface area contributed by atoms with Crippen LogP contribution >= 0.6 is 22.9 Å². The predicted molar refractivity (Wildman–Crippen MR) is 75.8 cm³/mol. The van der Waals surface area contributed by atoms with E-state index >= 15 is 0 Å². The van der Waals surface area contributed by atoms with Crippen LogP contribution in [0.15, 0.2) is 41.8 Å². The number of hydrogen-bond donors (Lipinski definition) is 1. The Hall–Kier alpha value is -0.830. The minimum atomic E-state index is 0.454. The van der Waals surface area contributed by atoms with Crippen LogP contribution in [0.2, 0.25) is 5.02 Å². The van der Waals surface area contributed by atoms with Crippen molar-refractivity contribution >= 4 is 22.9 Å². The zero-order valence-electron chi connectivity index (χ0n) is 9.82. The van der Waals surface area contributed by atoms with E-state index in [2.05, 4.69) is 35.8 Å². The molecule has 1 N–H and O–H groups in total. The average molecular weight is 266 g/mol. The molecule has 1 aromatic carbocycles. The summed E-state index contributed by atoms with van der Waals surface area (Å²) in [6.07, 6.45) is 1.01. The number of rotatable bonds is 5. The fourth-order valence-corrected chi connectivity index (χ4v) is 2.65. The molecule has 90 valence electrons. The zero-order valence-corrected chi connectivity index (χ0v) is 11.4. The van der Waals surface area contributed by atoms with Crippen LogP contribution in [0.5, 0.6) is 0 Å². The molecule has 17 heavy (non-hydrogen) atoms. The Morgan fingerprint density at radius 3 is 2.88 bits per heavy atom. The Kier molecular flexibility index (Phi) is 4.60. The fraction of sp³-hybridized carbons (Fsp3) is 0.286. The molecule has 0 aliphatic carbocycles. The maximum absolute atomic E-state index is 5.97. The fourth-order valence-electron chi connectivity index (χ4n) is 1.78. The lowest BCUT2D eigenvalue weighted by molar-refractivity contribution is 0.549. The van der Waals surface area contributed by atoms with E-state index in [1.165, 1.54) is 10.4 Å². The van der Waals surface area contributed by atoms with Crippen LogP contribution in [0.1, 0.15) is 17.4 Å². The SMILES string of the molecule is CC(Cc1cccc(Cl)c1)NCc1cccs1. The van der Waals surface area contributed by atoms with Gasteiger partial charge in [0.05, 0.1) is 0 Å². The van der Waals surface area contributed by atoms with E-state index in [9.17, 15) is 0 Å². The highest BCUT2D eigenvalue weighted by Crippen LogP contribution is 2.13. The molecule has 0 amide bonds. The average Bonchev–Trinajstić information content (AvgIpc) is 2.79. The summed E-state index contributed by atoms with van der Waals surface area (Å²) in [5.41, 5.74) is 1.28. The van der Waals surface area contributed by atoms with Crippen molar-refractivity contribution in [1.82, 2.24) is 5.32 Å². The topological polar surface area (TPSA) is 12.0 Å². The van der Waals surface area contributed by atoms with E-state index in [1.54, 1.807) is 11.3 Å². The highest BCUT2D eigenvalue weighted by molar-refractivity contribution is 7.09. The molecule has 3 heteroatoms. The van der Waals surface area contributed by atoms with Crippen molar-refractivity contribution in [1.29, 1.82) is 0 Å². The molecular formula is C14H16ClNS. The summed E-state index contributed by atoms with van der Waals surface area (Å²) in [6, 6.07) is 12.8. The molecule has 1 heterocycles. The van der Waals surface area contributed by atoms with Gasteiger partial charge in [-0.2, -0.15) is 0 Å². The zero-order chi connectivity index (χ0) is 12.1. The molecule has 1 atom stereocenters. The van der Waals surface area contributed by atoms with E-state index < -0.39 is 0 Å². The predicted octanol–water partition coefficient (Wildman–Crippen LogP) is 4.12. The van der Waals surface area contributed by atoms with Gasteiger partial charge in [-0.05, 0) is 42.5 Å². The molecular weight excluding hydrogens is 250 g/mol. The minimum Gasteiger partial charge on any atom is -0.309 e. The van der Waals surface area contributed by atoms with Crippen molar-refractivity contribution in [2.45, 2.75) is 25.9 Å². The lowest BCUT2D eigenvalue weighted by Crippen LogP contribution is -2.27. The highest BCUT2D eigenvalue weighted by Gasteiger charge is 2.04. The van der Waals surface area contributed by atoms with Crippen molar-refractivity contribution in [3.8, 4) is 0 Å². The molecule has 0 aliphatic heterocycles. The molecule has 0 spiro atoms. The Labute approximate surface area is 111 Å². The van der Waals surface area contributed by atoms with Crippen LogP contribution in [-0.4, -0.2) is 6.04 Å². The molecule has 1 unspecified atom stereocenters. The summed E-state index contributed by atoms with van der Waals surface area (Å²) in [4.78, 5) is 1.38. The van der Waals surface area contributed by atoms with Crippen LogP contribution in [-0.2, 0) is 13.0 Å². The molecule has 0 aliphatic rings. The summed E-state index contributed by atoms with van der Waals surface area (Å²) < 4.78 is 0. The first kappa shape index (κ1) is 12.6. The monoisotopic (exact) mass is 265 g/mol. The number of nitrogens with one attached hydrogen (secondary N) is 1. The van der Waals surface area contributed by atoms with E-state index in [-0.39, 0.29) is 0 Å². The van der Waals surface area contributed by atoms with E-state index in [4.69, 9.17) is 11.6 Å². The number of benzene rings is 1. The molecule has 0 saturated heterocycles. The Bertz CT molecular complexity index is 453. The maximum Gasteiger partial charge on any atom is 0.0408 e. The largest absolute Gasteiger partial charge is 0.309 e. The summed E-state index contributed by atoms with van der Waals surface area (Å²) in [5.74, 6) is 0. The lowest BCUT2D eigenvalue weighted by atomic mass is 10.1.